The maximum Gasteiger partial charge on any atom is 0.258 e. The molecule has 1 aromatic carbocycles. The zero-order valence-corrected chi connectivity index (χ0v) is 10.2. The van der Waals surface area contributed by atoms with E-state index >= 15 is 0 Å². The summed E-state index contributed by atoms with van der Waals surface area (Å²) in [7, 11) is 0. The summed E-state index contributed by atoms with van der Waals surface area (Å²) >= 11 is 0. The molecule has 4 N–H and O–H groups in total. The van der Waals surface area contributed by atoms with Gasteiger partial charge in [0.25, 0.3) is 5.91 Å². The highest BCUT2D eigenvalue weighted by molar-refractivity contribution is 5.97. The number of rotatable bonds is 2. The van der Waals surface area contributed by atoms with Crippen molar-refractivity contribution < 1.29 is 15.0 Å². The van der Waals surface area contributed by atoms with Gasteiger partial charge in [-0.15, -0.1) is 0 Å². The fourth-order valence-corrected chi connectivity index (χ4v) is 2.37. The molecular weight excluding hydrogens is 232 g/mol. The molecule has 1 saturated heterocycles. The molecule has 0 bridgehead atoms. The first-order chi connectivity index (χ1) is 8.65. The van der Waals surface area contributed by atoms with Crippen LogP contribution in [0.3, 0.4) is 0 Å². The lowest BCUT2D eigenvalue weighted by Crippen LogP contribution is -2.47. The zero-order chi connectivity index (χ0) is 13.1. The van der Waals surface area contributed by atoms with Gasteiger partial charge in [-0.05, 0) is 31.4 Å². The first kappa shape index (κ1) is 12.7. The average Bonchev–Trinajstić information content (AvgIpc) is 2.41. The molecular formula is C13H18N2O3. The minimum atomic E-state index is -0.358. The number of carbonyl (C=O) groups excluding carboxylic acids is 1. The van der Waals surface area contributed by atoms with Crippen molar-refractivity contribution in [2.24, 2.45) is 5.73 Å². The van der Waals surface area contributed by atoms with E-state index in [9.17, 15) is 15.0 Å². The number of para-hydroxylation sites is 1. The molecule has 1 unspecified atom stereocenters. The molecule has 0 aliphatic carbocycles. The first-order valence-corrected chi connectivity index (χ1v) is 6.17. The molecule has 18 heavy (non-hydrogen) atoms. The standard InChI is InChI=1S/C13H18N2O3/c14-8-9-4-1-2-7-15(9)13(18)10-5-3-6-11(16)12(10)17/h3,5-6,9,16-17H,1-2,4,7-8,14H2. The Morgan fingerprint density at radius 3 is 2.89 bits per heavy atom. The number of phenols is 2. The van der Waals surface area contributed by atoms with Crippen molar-refractivity contribution in [3.63, 3.8) is 0 Å². The maximum atomic E-state index is 12.3. The SMILES string of the molecule is NCC1CCCCN1C(=O)c1cccc(O)c1O. The number of hydrogen-bond acceptors (Lipinski definition) is 4. The molecule has 2 rings (SSSR count). The normalized spacial score (nSPS) is 19.8. The van der Waals surface area contributed by atoms with Gasteiger partial charge in [0.2, 0.25) is 0 Å². The molecule has 1 fully saturated rings. The molecule has 0 radical (unpaired) electrons. The summed E-state index contributed by atoms with van der Waals surface area (Å²) in [6.07, 6.45) is 2.90. The molecule has 0 saturated carbocycles. The Bertz CT molecular complexity index is 448. The molecule has 1 aromatic rings. The lowest BCUT2D eigenvalue weighted by Gasteiger charge is -2.35. The Balaban J connectivity index is 2.27. The lowest BCUT2D eigenvalue weighted by atomic mass is 10.0. The minimum absolute atomic E-state index is 0.0213. The third kappa shape index (κ3) is 2.26. The van der Waals surface area contributed by atoms with Crippen LogP contribution in [0.5, 0.6) is 11.5 Å². The number of carbonyl (C=O) groups is 1. The van der Waals surface area contributed by atoms with E-state index in [1.54, 1.807) is 11.0 Å². The van der Waals surface area contributed by atoms with Gasteiger partial charge in [0.15, 0.2) is 11.5 Å². The Kier molecular flexibility index (Phi) is 3.72. The summed E-state index contributed by atoms with van der Waals surface area (Å²) in [4.78, 5) is 14.0. The van der Waals surface area contributed by atoms with Crippen LogP contribution in [0.15, 0.2) is 18.2 Å². The van der Waals surface area contributed by atoms with E-state index in [4.69, 9.17) is 5.73 Å². The van der Waals surface area contributed by atoms with Gasteiger partial charge in [0, 0.05) is 19.1 Å². The molecule has 1 aliphatic rings. The molecule has 5 nitrogen and oxygen atoms in total. The summed E-state index contributed by atoms with van der Waals surface area (Å²) in [5.74, 6) is -0.899. The van der Waals surface area contributed by atoms with E-state index in [-0.39, 0.29) is 29.0 Å². The second kappa shape index (κ2) is 5.27. The molecule has 98 valence electrons. The fraction of sp³-hybridized carbons (Fsp3) is 0.462. The van der Waals surface area contributed by atoms with Crippen molar-refractivity contribution in [3.8, 4) is 11.5 Å². The zero-order valence-electron chi connectivity index (χ0n) is 10.2. The third-order valence-corrected chi connectivity index (χ3v) is 3.41. The Morgan fingerprint density at radius 1 is 1.39 bits per heavy atom. The van der Waals surface area contributed by atoms with Crippen molar-refractivity contribution in [1.82, 2.24) is 4.90 Å². The van der Waals surface area contributed by atoms with E-state index in [0.717, 1.165) is 19.3 Å². The molecule has 0 aromatic heterocycles. The summed E-state index contributed by atoms with van der Waals surface area (Å²) in [6, 6.07) is 4.43. The highest BCUT2D eigenvalue weighted by Gasteiger charge is 2.28. The van der Waals surface area contributed by atoms with E-state index in [2.05, 4.69) is 0 Å². The van der Waals surface area contributed by atoms with Crippen LogP contribution < -0.4 is 5.73 Å². The minimum Gasteiger partial charge on any atom is -0.504 e. The molecule has 1 atom stereocenters. The molecule has 5 heteroatoms. The summed E-state index contributed by atoms with van der Waals surface area (Å²) in [5, 5.41) is 19.2. The van der Waals surface area contributed by atoms with Crippen molar-refractivity contribution >= 4 is 5.91 Å². The van der Waals surface area contributed by atoms with Crippen LogP contribution in [0.2, 0.25) is 0 Å². The molecule has 1 amide bonds. The number of nitrogens with two attached hydrogens (primary N) is 1. The number of amides is 1. The van der Waals surface area contributed by atoms with Crippen molar-refractivity contribution in [1.29, 1.82) is 0 Å². The molecule has 1 heterocycles. The van der Waals surface area contributed by atoms with Gasteiger partial charge in [0.1, 0.15) is 0 Å². The van der Waals surface area contributed by atoms with E-state index in [1.165, 1.54) is 12.1 Å². The first-order valence-electron chi connectivity index (χ1n) is 6.17. The van der Waals surface area contributed by atoms with Gasteiger partial charge in [-0.2, -0.15) is 0 Å². The number of benzene rings is 1. The van der Waals surface area contributed by atoms with Gasteiger partial charge in [0.05, 0.1) is 5.56 Å². The quantitative estimate of drug-likeness (QED) is 0.685. The van der Waals surface area contributed by atoms with Crippen molar-refractivity contribution in [3.05, 3.63) is 23.8 Å². The van der Waals surface area contributed by atoms with Crippen LogP contribution in [0.25, 0.3) is 0 Å². The highest BCUT2D eigenvalue weighted by Crippen LogP contribution is 2.30. The van der Waals surface area contributed by atoms with Crippen molar-refractivity contribution in [2.45, 2.75) is 25.3 Å². The number of likely N-dealkylation sites (tertiary alicyclic amines) is 1. The van der Waals surface area contributed by atoms with Gasteiger partial charge >= 0.3 is 0 Å². The molecule has 1 aliphatic heterocycles. The van der Waals surface area contributed by atoms with Crippen LogP contribution in [-0.2, 0) is 0 Å². The Morgan fingerprint density at radius 2 is 2.17 bits per heavy atom. The number of nitrogens with zero attached hydrogens (tertiary/aromatic N) is 1. The second-order valence-corrected chi connectivity index (χ2v) is 4.56. The van der Waals surface area contributed by atoms with Crippen LogP contribution in [0.1, 0.15) is 29.6 Å². The Labute approximate surface area is 106 Å². The van der Waals surface area contributed by atoms with Crippen LogP contribution in [-0.4, -0.2) is 40.2 Å². The van der Waals surface area contributed by atoms with Gasteiger partial charge < -0.3 is 20.8 Å². The van der Waals surface area contributed by atoms with Crippen LogP contribution >= 0.6 is 0 Å². The van der Waals surface area contributed by atoms with Gasteiger partial charge in [-0.1, -0.05) is 6.07 Å². The average molecular weight is 250 g/mol. The fourth-order valence-electron chi connectivity index (χ4n) is 2.37. The summed E-state index contributed by atoms with van der Waals surface area (Å²) < 4.78 is 0. The second-order valence-electron chi connectivity index (χ2n) is 4.56. The number of hydrogen-bond donors (Lipinski definition) is 3. The summed E-state index contributed by atoms with van der Waals surface area (Å²) in [5.41, 5.74) is 5.81. The smallest absolute Gasteiger partial charge is 0.258 e. The van der Waals surface area contributed by atoms with Crippen LogP contribution in [0, 0.1) is 0 Å². The largest absolute Gasteiger partial charge is 0.504 e. The number of phenolic OH excluding ortho intramolecular Hbond substituents is 2. The lowest BCUT2D eigenvalue weighted by molar-refractivity contribution is 0.0619. The van der Waals surface area contributed by atoms with Crippen LogP contribution in [0.4, 0.5) is 0 Å². The number of piperidine rings is 1. The maximum absolute atomic E-state index is 12.3. The Hall–Kier alpha value is -1.75. The topological polar surface area (TPSA) is 86.8 Å². The predicted octanol–water partition coefficient (Wildman–Crippen LogP) is 1.05. The number of aromatic hydroxyl groups is 2. The highest BCUT2D eigenvalue weighted by atomic mass is 16.3. The predicted molar refractivity (Wildman–Crippen MR) is 67.5 cm³/mol. The van der Waals surface area contributed by atoms with Crippen molar-refractivity contribution in [2.75, 3.05) is 13.1 Å². The third-order valence-electron chi connectivity index (χ3n) is 3.41. The summed E-state index contributed by atoms with van der Waals surface area (Å²) in [6.45, 7) is 1.07. The van der Waals surface area contributed by atoms with E-state index in [0.29, 0.717) is 13.1 Å². The van der Waals surface area contributed by atoms with E-state index in [1.807, 2.05) is 0 Å². The van der Waals surface area contributed by atoms with E-state index < -0.39 is 0 Å². The van der Waals surface area contributed by atoms with Gasteiger partial charge in [-0.25, -0.2) is 0 Å². The van der Waals surface area contributed by atoms with Gasteiger partial charge in [-0.3, -0.25) is 4.79 Å². The molecule has 0 spiro atoms. The monoisotopic (exact) mass is 250 g/mol.